The van der Waals surface area contributed by atoms with Crippen molar-refractivity contribution in [2.75, 3.05) is 17.2 Å². The van der Waals surface area contributed by atoms with Gasteiger partial charge in [0.05, 0.1) is 0 Å². The summed E-state index contributed by atoms with van der Waals surface area (Å²) in [7, 11) is 0. The molecular formula is C26H26N2O5. The van der Waals surface area contributed by atoms with Gasteiger partial charge in [-0.05, 0) is 73.9 Å². The molecule has 0 aliphatic carbocycles. The first kappa shape index (κ1) is 23.5. The van der Waals surface area contributed by atoms with Crippen LogP contribution in [-0.4, -0.2) is 24.4 Å². The Morgan fingerprint density at radius 3 is 2.21 bits per heavy atom. The number of aryl methyl sites for hydroxylation is 2. The SMILES string of the molecule is CC(=O)Oc1cccc(C(=O)Nc2cccc(NC(=O)COc3c(C)ccc(C)c3C)c2)c1. The zero-order chi connectivity index (χ0) is 24.0. The molecule has 0 atom stereocenters. The van der Waals surface area contributed by atoms with E-state index in [2.05, 4.69) is 10.6 Å². The number of rotatable bonds is 7. The second-order valence-electron chi connectivity index (χ2n) is 7.65. The number of carbonyl (C=O) groups is 3. The van der Waals surface area contributed by atoms with Gasteiger partial charge in [0, 0.05) is 23.9 Å². The van der Waals surface area contributed by atoms with Crippen LogP contribution in [0.25, 0.3) is 0 Å². The number of hydrogen-bond donors (Lipinski definition) is 2. The highest BCUT2D eigenvalue weighted by Gasteiger charge is 2.11. The van der Waals surface area contributed by atoms with E-state index in [0.717, 1.165) is 16.7 Å². The summed E-state index contributed by atoms with van der Waals surface area (Å²) in [5, 5.41) is 5.55. The first-order chi connectivity index (χ1) is 15.7. The lowest BCUT2D eigenvalue weighted by atomic mass is 10.1. The van der Waals surface area contributed by atoms with Crippen LogP contribution >= 0.6 is 0 Å². The first-order valence-electron chi connectivity index (χ1n) is 10.4. The number of benzene rings is 3. The average molecular weight is 447 g/mol. The van der Waals surface area contributed by atoms with Gasteiger partial charge < -0.3 is 20.1 Å². The summed E-state index contributed by atoms with van der Waals surface area (Å²) < 4.78 is 10.8. The van der Waals surface area contributed by atoms with Crippen LogP contribution in [0.3, 0.4) is 0 Å². The van der Waals surface area contributed by atoms with Gasteiger partial charge in [-0.1, -0.05) is 24.3 Å². The molecule has 0 aromatic heterocycles. The summed E-state index contributed by atoms with van der Waals surface area (Å²) in [4.78, 5) is 36.1. The fourth-order valence-corrected chi connectivity index (χ4v) is 3.23. The van der Waals surface area contributed by atoms with E-state index in [0.29, 0.717) is 22.7 Å². The minimum atomic E-state index is -0.465. The van der Waals surface area contributed by atoms with Crippen LogP contribution in [0.2, 0.25) is 0 Å². The summed E-state index contributed by atoms with van der Waals surface area (Å²) in [6.07, 6.45) is 0. The smallest absolute Gasteiger partial charge is 0.308 e. The predicted molar refractivity (Wildman–Crippen MR) is 127 cm³/mol. The van der Waals surface area contributed by atoms with Gasteiger partial charge in [0.1, 0.15) is 11.5 Å². The highest BCUT2D eigenvalue weighted by Crippen LogP contribution is 2.25. The summed E-state index contributed by atoms with van der Waals surface area (Å²) >= 11 is 0. The maximum atomic E-state index is 12.6. The van der Waals surface area contributed by atoms with Crippen molar-refractivity contribution in [2.45, 2.75) is 27.7 Å². The molecule has 0 heterocycles. The third-order valence-electron chi connectivity index (χ3n) is 4.98. The Morgan fingerprint density at radius 2 is 1.48 bits per heavy atom. The second kappa shape index (κ2) is 10.5. The number of hydrogen-bond acceptors (Lipinski definition) is 5. The summed E-state index contributed by atoms with van der Waals surface area (Å²) in [6, 6.07) is 17.1. The molecule has 3 rings (SSSR count). The lowest BCUT2D eigenvalue weighted by molar-refractivity contribution is -0.131. The van der Waals surface area contributed by atoms with Crippen LogP contribution in [-0.2, 0) is 9.59 Å². The molecule has 0 bridgehead atoms. The first-order valence-corrected chi connectivity index (χ1v) is 10.4. The fraction of sp³-hybridized carbons (Fsp3) is 0.192. The minimum absolute atomic E-state index is 0.134. The summed E-state index contributed by atoms with van der Waals surface area (Å²) in [6.45, 7) is 7.05. The Labute approximate surface area is 192 Å². The van der Waals surface area contributed by atoms with E-state index in [1.165, 1.54) is 13.0 Å². The van der Waals surface area contributed by atoms with Gasteiger partial charge in [-0.25, -0.2) is 0 Å². The maximum Gasteiger partial charge on any atom is 0.308 e. The Balaban J connectivity index is 1.62. The van der Waals surface area contributed by atoms with Gasteiger partial charge in [0.25, 0.3) is 11.8 Å². The zero-order valence-electron chi connectivity index (χ0n) is 19.0. The normalized spacial score (nSPS) is 10.3. The van der Waals surface area contributed by atoms with E-state index in [-0.39, 0.29) is 24.2 Å². The Kier molecular flexibility index (Phi) is 7.46. The third kappa shape index (κ3) is 6.43. The van der Waals surface area contributed by atoms with Crippen molar-refractivity contribution in [2.24, 2.45) is 0 Å². The summed E-state index contributed by atoms with van der Waals surface area (Å²) in [5.74, 6) is -0.154. The molecule has 0 unspecified atom stereocenters. The van der Waals surface area contributed by atoms with Crippen molar-refractivity contribution in [1.82, 2.24) is 0 Å². The van der Waals surface area contributed by atoms with Crippen LogP contribution < -0.4 is 20.1 Å². The minimum Gasteiger partial charge on any atom is -0.483 e. The van der Waals surface area contributed by atoms with Gasteiger partial charge in [0.2, 0.25) is 0 Å². The Bertz CT molecular complexity index is 1200. The molecule has 2 amide bonds. The van der Waals surface area contributed by atoms with Crippen molar-refractivity contribution < 1.29 is 23.9 Å². The van der Waals surface area contributed by atoms with Gasteiger partial charge >= 0.3 is 5.97 Å². The lowest BCUT2D eigenvalue weighted by Crippen LogP contribution is -2.21. The summed E-state index contributed by atoms with van der Waals surface area (Å²) in [5.41, 5.74) is 4.42. The number of nitrogens with one attached hydrogen (secondary N) is 2. The van der Waals surface area contributed by atoms with Crippen LogP contribution in [0.4, 0.5) is 11.4 Å². The van der Waals surface area contributed by atoms with Crippen LogP contribution in [0.5, 0.6) is 11.5 Å². The number of carbonyl (C=O) groups excluding carboxylic acids is 3. The molecule has 0 spiro atoms. The molecule has 7 heteroatoms. The molecule has 0 saturated heterocycles. The molecular weight excluding hydrogens is 420 g/mol. The van der Waals surface area contributed by atoms with E-state index in [4.69, 9.17) is 9.47 Å². The molecule has 33 heavy (non-hydrogen) atoms. The number of ether oxygens (including phenoxy) is 2. The van der Waals surface area contributed by atoms with Crippen LogP contribution in [0.1, 0.15) is 34.0 Å². The number of anilines is 2. The van der Waals surface area contributed by atoms with E-state index in [1.54, 1.807) is 42.5 Å². The van der Waals surface area contributed by atoms with Crippen molar-refractivity contribution in [3.8, 4) is 11.5 Å². The van der Waals surface area contributed by atoms with E-state index >= 15 is 0 Å². The predicted octanol–water partition coefficient (Wildman–Crippen LogP) is 4.81. The van der Waals surface area contributed by atoms with Gasteiger partial charge in [-0.3, -0.25) is 14.4 Å². The highest BCUT2D eigenvalue weighted by atomic mass is 16.5. The molecule has 0 saturated carbocycles. The molecule has 2 N–H and O–H groups in total. The Hall–Kier alpha value is -4.13. The monoisotopic (exact) mass is 446 g/mol. The largest absolute Gasteiger partial charge is 0.483 e. The van der Waals surface area contributed by atoms with E-state index in [9.17, 15) is 14.4 Å². The van der Waals surface area contributed by atoms with Crippen molar-refractivity contribution >= 4 is 29.2 Å². The molecule has 0 aliphatic rings. The van der Waals surface area contributed by atoms with E-state index < -0.39 is 5.97 Å². The third-order valence-corrected chi connectivity index (χ3v) is 4.98. The standard InChI is InChI=1S/C26H26N2O5/c1-16-11-12-17(2)25(18(16)3)32-15-24(30)27-21-8-6-9-22(14-21)28-26(31)20-7-5-10-23(13-20)33-19(4)29/h5-14H,15H2,1-4H3,(H,27,30)(H,28,31). The fourth-order valence-electron chi connectivity index (χ4n) is 3.23. The van der Waals surface area contributed by atoms with Crippen molar-refractivity contribution in [1.29, 1.82) is 0 Å². The molecule has 3 aromatic rings. The molecule has 7 nitrogen and oxygen atoms in total. The average Bonchev–Trinajstić information content (AvgIpc) is 2.76. The van der Waals surface area contributed by atoms with Crippen LogP contribution in [0, 0.1) is 20.8 Å². The van der Waals surface area contributed by atoms with Gasteiger partial charge in [0.15, 0.2) is 6.61 Å². The molecule has 0 radical (unpaired) electrons. The Morgan fingerprint density at radius 1 is 0.818 bits per heavy atom. The van der Waals surface area contributed by atoms with Crippen molar-refractivity contribution in [3.05, 3.63) is 82.9 Å². The number of amides is 2. The van der Waals surface area contributed by atoms with Gasteiger partial charge in [-0.2, -0.15) is 0 Å². The molecule has 170 valence electrons. The number of esters is 1. The van der Waals surface area contributed by atoms with Crippen LogP contribution in [0.15, 0.2) is 60.7 Å². The second-order valence-corrected chi connectivity index (χ2v) is 7.65. The van der Waals surface area contributed by atoms with Crippen molar-refractivity contribution in [3.63, 3.8) is 0 Å². The molecule has 0 aliphatic heterocycles. The quantitative estimate of drug-likeness (QED) is 0.401. The zero-order valence-corrected chi connectivity index (χ0v) is 19.0. The molecule has 0 fully saturated rings. The van der Waals surface area contributed by atoms with Gasteiger partial charge in [-0.15, -0.1) is 0 Å². The molecule has 3 aromatic carbocycles. The maximum absolute atomic E-state index is 12.6. The topological polar surface area (TPSA) is 93.7 Å². The lowest BCUT2D eigenvalue weighted by Gasteiger charge is -2.14. The highest BCUT2D eigenvalue weighted by molar-refractivity contribution is 6.05. The van der Waals surface area contributed by atoms with E-state index in [1.807, 2.05) is 32.9 Å².